The van der Waals surface area contributed by atoms with Crippen LogP contribution >= 0.6 is 0 Å². The van der Waals surface area contributed by atoms with Gasteiger partial charge in [-0.3, -0.25) is 4.79 Å². The standard InChI is InChI=1S/C20H22N2O4/c1-20(2,3)15-5-7-16(8-6-15)24-12-19(23)22-21-11-14-4-9-17-18(10-14)26-13-25-17/h4-11H,12-13H2,1-3H3,(H,22,23)/b21-11-. The summed E-state index contributed by atoms with van der Waals surface area (Å²) in [6.07, 6.45) is 1.54. The topological polar surface area (TPSA) is 69.2 Å². The molecule has 0 unspecified atom stereocenters. The van der Waals surface area contributed by atoms with E-state index in [1.54, 1.807) is 12.1 Å². The smallest absolute Gasteiger partial charge is 0.277 e. The van der Waals surface area contributed by atoms with Gasteiger partial charge in [-0.2, -0.15) is 5.10 Å². The fraction of sp³-hybridized carbons (Fsp3) is 0.300. The molecule has 1 aliphatic heterocycles. The minimum atomic E-state index is -0.332. The van der Waals surface area contributed by atoms with Crippen molar-refractivity contribution in [1.29, 1.82) is 0 Å². The average Bonchev–Trinajstić information content (AvgIpc) is 3.07. The van der Waals surface area contributed by atoms with Crippen LogP contribution in [-0.2, 0) is 10.2 Å². The molecule has 1 N–H and O–H groups in total. The first-order valence-corrected chi connectivity index (χ1v) is 8.37. The maximum atomic E-state index is 11.8. The Labute approximate surface area is 152 Å². The molecular formula is C20H22N2O4. The minimum Gasteiger partial charge on any atom is -0.484 e. The van der Waals surface area contributed by atoms with Gasteiger partial charge in [0.1, 0.15) is 5.75 Å². The first kappa shape index (κ1) is 17.8. The van der Waals surface area contributed by atoms with Crippen LogP contribution in [0.5, 0.6) is 17.2 Å². The highest BCUT2D eigenvalue weighted by molar-refractivity contribution is 5.83. The second-order valence-corrected chi connectivity index (χ2v) is 6.97. The van der Waals surface area contributed by atoms with Gasteiger partial charge in [-0.15, -0.1) is 0 Å². The second kappa shape index (κ2) is 7.47. The third-order valence-electron chi connectivity index (χ3n) is 3.89. The number of ether oxygens (including phenoxy) is 3. The van der Waals surface area contributed by atoms with E-state index in [1.807, 2.05) is 30.3 Å². The third kappa shape index (κ3) is 4.53. The van der Waals surface area contributed by atoms with Gasteiger partial charge in [0.25, 0.3) is 5.91 Å². The van der Waals surface area contributed by atoms with Crippen molar-refractivity contribution in [1.82, 2.24) is 5.43 Å². The monoisotopic (exact) mass is 354 g/mol. The maximum absolute atomic E-state index is 11.8. The molecule has 2 aromatic carbocycles. The summed E-state index contributed by atoms with van der Waals surface area (Å²) in [5, 5.41) is 3.92. The van der Waals surface area contributed by atoms with Crippen molar-refractivity contribution in [3.63, 3.8) is 0 Å². The summed E-state index contributed by atoms with van der Waals surface area (Å²) in [6, 6.07) is 13.2. The molecule has 0 bridgehead atoms. The molecule has 0 spiro atoms. The predicted molar refractivity (Wildman–Crippen MR) is 98.9 cm³/mol. The van der Waals surface area contributed by atoms with Crippen molar-refractivity contribution < 1.29 is 19.0 Å². The van der Waals surface area contributed by atoms with E-state index >= 15 is 0 Å². The Morgan fingerprint density at radius 2 is 1.88 bits per heavy atom. The molecule has 3 rings (SSSR count). The summed E-state index contributed by atoms with van der Waals surface area (Å²) in [7, 11) is 0. The Morgan fingerprint density at radius 1 is 1.15 bits per heavy atom. The number of fused-ring (bicyclic) bond motifs is 1. The molecule has 0 saturated heterocycles. The van der Waals surface area contributed by atoms with E-state index in [0.29, 0.717) is 17.2 Å². The molecule has 6 heteroatoms. The summed E-state index contributed by atoms with van der Waals surface area (Å²) >= 11 is 0. The van der Waals surface area contributed by atoms with E-state index in [2.05, 4.69) is 31.3 Å². The first-order valence-electron chi connectivity index (χ1n) is 8.37. The first-order chi connectivity index (χ1) is 12.4. The predicted octanol–water partition coefficient (Wildman–Crippen LogP) is 3.24. The zero-order chi connectivity index (χ0) is 18.6. The number of carbonyl (C=O) groups excluding carboxylic acids is 1. The molecule has 1 aliphatic rings. The van der Waals surface area contributed by atoms with Gasteiger partial charge in [-0.05, 0) is 46.9 Å². The number of hydrogen-bond donors (Lipinski definition) is 1. The van der Waals surface area contributed by atoms with Crippen LogP contribution in [0.25, 0.3) is 0 Å². The fourth-order valence-electron chi connectivity index (χ4n) is 2.40. The lowest BCUT2D eigenvalue weighted by Crippen LogP contribution is -2.24. The lowest BCUT2D eigenvalue weighted by molar-refractivity contribution is -0.123. The van der Waals surface area contributed by atoms with Gasteiger partial charge in [0.2, 0.25) is 6.79 Å². The molecule has 0 saturated carbocycles. The molecule has 0 atom stereocenters. The van der Waals surface area contributed by atoms with Crippen LogP contribution in [0.4, 0.5) is 0 Å². The highest BCUT2D eigenvalue weighted by Crippen LogP contribution is 2.32. The number of hydrazone groups is 1. The fourth-order valence-corrected chi connectivity index (χ4v) is 2.40. The van der Waals surface area contributed by atoms with Crippen molar-refractivity contribution in [2.24, 2.45) is 5.10 Å². The van der Waals surface area contributed by atoms with E-state index < -0.39 is 0 Å². The Balaban J connectivity index is 1.47. The van der Waals surface area contributed by atoms with Crippen LogP contribution in [0, 0.1) is 0 Å². The van der Waals surface area contributed by atoms with Crippen LogP contribution in [0.2, 0.25) is 0 Å². The van der Waals surface area contributed by atoms with Gasteiger partial charge in [0, 0.05) is 0 Å². The average molecular weight is 354 g/mol. The van der Waals surface area contributed by atoms with Crippen molar-refractivity contribution in [2.45, 2.75) is 26.2 Å². The summed E-state index contributed by atoms with van der Waals surface area (Å²) in [5.74, 6) is 1.69. The maximum Gasteiger partial charge on any atom is 0.277 e. The molecule has 0 radical (unpaired) electrons. The number of carbonyl (C=O) groups is 1. The largest absolute Gasteiger partial charge is 0.484 e. The van der Waals surface area contributed by atoms with E-state index in [-0.39, 0.29) is 24.7 Å². The molecule has 0 aromatic heterocycles. The van der Waals surface area contributed by atoms with Crippen LogP contribution in [-0.4, -0.2) is 25.5 Å². The zero-order valence-electron chi connectivity index (χ0n) is 15.1. The quantitative estimate of drug-likeness (QED) is 0.661. The van der Waals surface area contributed by atoms with Crippen LogP contribution < -0.4 is 19.6 Å². The molecule has 26 heavy (non-hydrogen) atoms. The summed E-state index contributed by atoms with van der Waals surface area (Å²) in [4.78, 5) is 11.8. The number of rotatable bonds is 5. The number of hydrogen-bond acceptors (Lipinski definition) is 5. The van der Waals surface area contributed by atoms with E-state index in [4.69, 9.17) is 14.2 Å². The number of nitrogens with zero attached hydrogens (tertiary/aromatic N) is 1. The van der Waals surface area contributed by atoms with Crippen molar-refractivity contribution in [3.8, 4) is 17.2 Å². The van der Waals surface area contributed by atoms with E-state index in [1.165, 1.54) is 11.8 Å². The van der Waals surface area contributed by atoms with Gasteiger partial charge < -0.3 is 14.2 Å². The van der Waals surface area contributed by atoms with Gasteiger partial charge in [0.15, 0.2) is 18.1 Å². The Kier molecular flexibility index (Phi) is 5.11. The summed E-state index contributed by atoms with van der Waals surface area (Å²) < 4.78 is 16.0. The van der Waals surface area contributed by atoms with Gasteiger partial charge in [-0.25, -0.2) is 5.43 Å². The van der Waals surface area contributed by atoms with Gasteiger partial charge in [-0.1, -0.05) is 32.9 Å². The highest BCUT2D eigenvalue weighted by atomic mass is 16.7. The third-order valence-corrected chi connectivity index (χ3v) is 3.89. The Morgan fingerprint density at radius 3 is 2.62 bits per heavy atom. The molecule has 1 heterocycles. The highest BCUT2D eigenvalue weighted by Gasteiger charge is 2.13. The zero-order valence-corrected chi connectivity index (χ0v) is 15.1. The van der Waals surface area contributed by atoms with Crippen LogP contribution in [0.3, 0.4) is 0 Å². The minimum absolute atomic E-state index is 0.0827. The molecule has 0 fully saturated rings. The second-order valence-electron chi connectivity index (χ2n) is 6.97. The lowest BCUT2D eigenvalue weighted by atomic mass is 9.87. The Hall–Kier alpha value is -3.02. The van der Waals surface area contributed by atoms with E-state index in [9.17, 15) is 4.79 Å². The SMILES string of the molecule is CC(C)(C)c1ccc(OCC(=O)N/N=C\c2ccc3c(c2)OCO3)cc1. The van der Waals surface area contributed by atoms with Crippen molar-refractivity contribution in [3.05, 3.63) is 53.6 Å². The number of amides is 1. The van der Waals surface area contributed by atoms with Crippen molar-refractivity contribution >= 4 is 12.1 Å². The number of benzene rings is 2. The number of nitrogens with one attached hydrogen (secondary N) is 1. The van der Waals surface area contributed by atoms with Gasteiger partial charge in [0.05, 0.1) is 6.21 Å². The van der Waals surface area contributed by atoms with Crippen molar-refractivity contribution in [2.75, 3.05) is 13.4 Å². The van der Waals surface area contributed by atoms with Crippen LogP contribution in [0.1, 0.15) is 31.9 Å². The van der Waals surface area contributed by atoms with Crippen LogP contribution in [0.15, 0.2) is 47.6 Å². The van der Waals surface area contributed by atoms with Gasteiger partial charge >= 0.3 is 0 Å². The molecule has 0 aliphatic carbocycles. The Bertz CT molecular complexity index is 808. The molecule has 2 aromatic rings. The molecule has 136 valence electrons. The van der Waals surface area contributed by atoms with E-state index in [0.717, 1.165) is 5.56 Å². The molecular weight excluding hydrogens is 332 g/mol. The summed E-state index contributed by atoms with van der Waals surface area (Å²) in [5.41, 5.74) is 4.53. The normalized spacial score (nSPS) is 13.0. The lowest BCUT2D eigenvalue weighted by Gasteiger charge is -2.19. The molecule has 1 amide bonds. The molecule has 6 nitrogen and oxygen atoms in total. The summed E-state index contributed by atoms with van der Waals surface area (Å²) in [6.45, 7) is 6.56.